The predicted molar refractivity (Wildman–Crippen MR) is 272 cm³/mol. The number of esters is 2. The van der Waals surface area contributed by atoms with Crippen molar-refractivity contribution < 1.29 is 110 Å². The van der Waals surface area contributed by atoms with E-state index in [1.165, 1.54) is 0 Å². The van der Waals surface area contributed by atoms with Crippen molar-refractivity contribution in [3.63, 3.8) is 0 Å². The van der Waals surface area contributed by atoms with E-state index in [9.17, 15) is 65.8 Å². The minimum atomic E-state index is -2.16. The molecule has 0 aromatic rings. The predicted octanol–water partition coefficient (Wildman–Crippen LogP) is -0.788. The van der Waals surface area contributed by atoms with Crippen LogP contribution in [-0.4, -0.2) is 211 Å². The highest BCUT2D eigenvalue weighted by Gasteiger charge is 2.48. The zero-order valence-corrected chi connectivity index (χ0v) is 43.3. The highest BCUT2D eigenvalue weighted by atomic mass is 16.7. The summed E-state index contributed by atoms with van der Waals surface area (Å²) in [5.74, 6) is -7.28. The molecule has 4 aliphatic heterocycles. The summed E-state index contributed by atoms with van der Waals surface area (Å²) in [7, 11) is 0. The van der Waals surface area contributed by atoms with E-state index in [1.807, 2.05) is 49.5 Å². The molecule has 0 aliphatic carbocycles. The number of hydrogen-bond acceptors (Lipinski definition) is 23. The van der Waals surface area contributed by atoms with Gasteiger partial charge in [-0.3, -0.25) is 4.79 Å². The summed E-state index contributed by atoms with van der Waals surface area (Å²) in [5.41, 5.74) is 6.04. The number of aliphatic hydroxyl groups excluding tert-OH is 14. The van der Waals surface area contributed by atoms with Crippen molar-refractivity contribution in [1.29, 1.82) is 0 Å². The van der Waals surface area contributed by atoms with E-state index in [0.717, 1.165) is 0 Å². The van der Waals surface area contributed by atoms with Crippen LogP contribution in [0.3, 0.4) is 0 Å². The molecular weight excluding hydrogens is 1000 g/mol. The lowest BCUT2D eigenvalue weighted by Crippen LogP contribution is -2.61. The highest BCUT2D eigenvalue weighted by molar-refractivity contribution is 5.89. The molecule has 0 spiro atoms. The van der Waals surface area contributed by atoms with E-state index in [0.29, 0.717) is 0 Å². The van der Waals surface area contributed by atoms with Crippen LogP contribution in [0.5, 0.6) is 0 Å². The molecule has 2 saturated heterocycles. The minimum absolute atomic E-state index is 0.0734. The quantitative estimate of drug-likeness (QED) is 0.150. The van der Waals surface area contributed by atoms with E-state index < -0.39 is 184 Å². The zero-order valence-electron chi connectivity index (χ0n) is 43.3. The lowest BCUT2D eigenvalue weighted by atomic mass is 9.83. The topological polar surface area (TPSA) is 410 Å². The zero-order chi connectivity index (χ0) is 56.9. The molecule has 21 atom stereocenters. The Morgan fingerprint density at radius 1 is 0.671 bits per heavy atom. The monoisotopic (exact) mass is 1090 g/mol. The normalized spacial score (nSPS) is 42.9. The summed E-state index contributed by atoms with van der Waals surface area (Å²) >= 11 is 0. The Hall–Kier alpha value is -4.22. The molecule has 0 aromatic carbocycles. The van der Waals surface area contributed by atoms with Gasteiger partial charge in [0.15, 0.2) is 23.9 Å². The molecule has 4 aliphatic rings. The Bertz CT molecular complexity index is 2010. The van der Waals surface area contributed by atoms with Crippen molar-refractivity contribution in [1.82, 2.24) is 0 Å². The second kappa shape index (κ2) is 32.6. The first kappa shape index (κ1) is 66.1. The van der Waals surface area contributed by atoms with Gasteiger partial charge in [0.25, 0.3) is 0 Å². The second-order valence-electron chi connectivity index (χ2n) is 19.9. The van der Waals surface area contributed by atoms with E-state index in [1.54, 1.807) is 63.3 Å². The van der Waals surface area contributed by atoms with Crippen LogP contribution in [0.2, 0.25) is 0 Å². The first-order valence-corrected chi connectivity index (χ1v) is 25.5. The van der Waals surface area contributed by atoms with Crippen molar-refractivity contribution in [3.8, 4) is 0 Å². The molecule has 23 heteroatoms. The Morgan fingerprint density at radius 3 is 1.80 bits per heavy atom. The Morgan fingerprint density at radius 2 is 1.25 bits per heavy atom. The number of ether oxygens (including phenoxy) is 5. The van der Waals surface area contributed by atoms with E-state index in [-0.39, 0.29) is 31.6 Å². The average molecular weight is 1090 g/mol. The summed E-state index contributed by atoms with van der Waals surface area (Å²) in [6.45, 7) is 5.60. The van der Waals surface area contributed by atoms with Crippen LogP contribution < -0.4 is 5.73 Å². The summed E-state index contributed by atoms with van der Waals surface area (Å²) in [6, 6.07) is -1.09. The molecule has 0 amide bonds. The molecule has 4 rings (SSSR count). The number of nitrogens with two attached hydrogens (primary N) is 1. The number of carbonyl (C=O) groups excluding carboxylic acids is 2. The number of rotatable bonds is 5. The molecular formula is C53H83NO22. The Labute approximate surface area is 442 Å². The molecule has 0 radical (unpaired) electrons. The van der Waals surface area contributed by atoms with Crippen LogP contribution in [-0.2, 0) is 33.3 Å². The molecule has 0 aromatic heterocycles. The standard InChI is InChI=1S/C47H75NO16.C6H8O6/c1-28-17-15-13-11-9-7-5-6-8-10-12-14-16-18-35(63-46-45(59)42(48)44(58)31(4)62-46)24-40-36(27-49)39(55)26-47(60,64-40)25-34(52)22-38(54)37(53)20-19-32(50)21-33(51)23-41(56)61-30(3)29(2)43(28)57;7-1-2(8)5-3(9)4(10)6(11)12-5/h5-18,28-40,42-46,49-55,57-60H,19-27,48H2,1-4H3;2,5,7-10H,1H2/b6-5+,9-7+,10-8+,13-11+,14-12+,17-15+,18-16+;/t28-,29-,30-,31+,32+,33+,34-,35-,36+,37+,38+,39-,40-,42-,43+,44+,45-,46-,47+;2-,5+/m00/s1. The van der Waals surface area contributed by atoms with Gasteiger partial charge in [-0.2, -0.15) is 0 Å². The maximum atomic E-state index is 12.6. The maximum absolute atomic E-state index is 12.6. The van der Waals surface area contributed by atoms with Crippen LogP contribution in [0, 0.1) is 17.8 Å². The number of carbonyl (C=O) groups is 2. The SMILES string of the molecule is C[C@@H]1[C@H](O)[C@@H](C)/C=C/C=C/C=C/C=C/C=C/C=C/C=C/[C@H](O[C@@H]2O[C@H](C)[C@@H](O)[C@H](N)[C@@H]2O)C[C@@H]2O[C@](O)(C[C@@H](O)C[C@@H](O)[C@H](O)CC[C@@H](O)C[C@@H](O)CC(=O)O[C@H]1C)C[C@H](O)[C@H]2CO.O=C1O[C@H]([C@@H](O)CO)C(O)=C1O. The first-order chi connectivity index (χ1) is 35.8. The largest absolute Gasteiger partial charge is 0.505 e. The van der Waals surface area contributed by atoms with Crippen molar-refractivity contribution in [2.45, 2.75) is 189 Å². The maximum Gasteiger partial charge on any atom is 0.377 e. The highest BCUT2D eigenvalue weighted by Crippen LogP contribution is 2.38. The summed E-state index contributed by atoms with van der Waals surface area (Å²) in [6.07, 6.45) is 3.45. The summed E-state index contributed by atoms with van der Waals surface area (Å²) in [5, 5.41) is 153. The molecule has 4 heterocycles. The number of fused-ring (bicyclic) bond motifs is 2. The van der Waals surface area contributed by atoms with Gasteiger partial charge in [0.1, 0.15) is 18.3 Å². The van der Waals surface area contributed by atoms with Gasteiger partial charge in [-0.05, 0) is 33.1 Å². The molecule has 17 N–H and O–H groups in total. The van der Waals surface area contributed by atoms with E-state index in [2.05, 4.69) is 4.74 Å². The van der Waals surface area contributed by atoms with Crippen molar-refractivity contribution >= 4 is 11.9 Å². The lowest BCUT2D eigenvalue weighted by molar-refractivity contribution is -0.312. The number of cyclic esters (lactones) is 2. The van der Waals surface area contributed by atoms with Crippen LogP contribution in [0.1, 0.15) is 79.1 Å². The van der Waals surface area contributed by atoms with Gasteiger partial charge in [-0.15, -0.1) is 0 Å². The third-order valence-corrected chi connectivity index (χ3v) is 13.6. The van der Waals surface area contributed by atoms with Gasteiger partial charge in [0, 0.05) is 43.4 Å². The minimum Gasteiger partial charge on any atom is -0.505 e. The Balaban J connectivity index is 0.00000111. The van der Waals surface area contributed by atoms with E-state index in [4.69, 9.17) is 45.1 Å². The van der Waals surface area contributed by atoms with Crippen molar-refractivity contribution in [2.24, 2.45) is 23.5 Å². The van der Waals surface area contributed by atoms with Gasteiger partial charge in [0.05, 0.1) is 92.8 Å². The molecule has 0 unspecified atom stereocenters. The average Bonchev–Trinajstić information content (AvgIpc) is 3.61. The molecule has 76 heavy (non-hydrogen) atoms. The van der Waals surface area contributed by atoms with Crippen LogP contribution in [0.15, 0.2) is 96.6 Å². The van der Waals surface area contributed by atoms with Gasteiger partial charge in [-0.25, -0.2) is 4.79 Å². The molecule has 23 nitrogen and oxygen atoms in total. The third kappa shape index (κ3) is 21.2. The van der Waals surface area contributed by atoms with Crippen molar-refractivity contribution in [2.75, 3.05) is 13.2 Å². The Kier molecular flexibility index (Phi) is 28.4. The number of hydrogen-bond donors (Lipinski definition) is 16. The second-order valence-corrected chi connectivity index (χ2v) is 19.9. The van der Waals surface area contributed by atoms with Gasteiger partial charge in [-0.1, -0.05) is 98.9 Å². The third-order valence-electron chi connectivity index (χ3n) is 13.6. The summed E-state index contributed by atoms with van der Waals surface area (Å²) in [4.78, 5) is 23.1. The molecule has 0 saturated carbocycles. The van der Waals surface area contributed by atoms with Crippen molar-refractivity contribution in [3.05, 3.63) is 96.6 Å². The fourth-order valence-corrected chi connectivity index (χ4v) is 8.77. The van der Waals surface area contributed by atoms with Gasteiger partial charge >= 0.3 is 11.9 Å². The number of allylic oxidation sites excluding steroid dienone is 12. The molecule has 2 bridgehead atoms. The van der Waals surface area contributed by atoms with Gasteiger partial charge < -0.3 is 106 Å². The van der Waals surface area contributed by atoms with E-state index >= 15 is 0 Å². The first-order valence-electron chi connectivity index (χ1n) is 25.5. The van der Waals surface area contributed by atoms with Gasteiger partial charge in [0.2, 0.25) is 5.76 Å². The number of aliphatic hydroxyl groups is 15. The van der Waals surface area contributed by atoms with Crippen LogP contribution in [0.4, 0.5) is 0 Å². The lowest BCUT2D eigenvalue weighted by Gasteiger charge is -2.46. The smallest absolute Gasteiger partial charge is 0.377 e. The van der Waals surface area contributed by atoms with Crippen LogP contribution >= 0.6 is 0 Å². The fourth-order valence-electron chi connectivity index (χ4n) is 8.77. The molecule has 2 fully saturated rings. The summed E-state index contributed by atoms with van der Waals surface area (Å²) < 4.78 is 27.7. The van der Waals surface area contributed by atoms with Crippen LogP contribution in [0.25, 0.3) is 0 Å². The molecule has 432 valence electrons. The fraction of sp³-hybridized carbons (Fsp3) is 0.660.